The average molecular weight is 436 g/mol. The highest BCUT2D eigenvalue weighted by Gasteiger charge is 2.16. The van der Waals surface area contributed by atoms with Gasteiger partial charge in [0.15, 0.2) is 0 Å². The Morgan fingerprint density at radius 2 is 1.12 bits per heavy atom. The summed E-state index contributed by atoms with van der Waals surface area (Å²) in [6.07, 6.45) is 5.45. The Morgan fingerprint density at radius 3 is 1.50 bits per heavy atom. The molecule has 4 N–H and O–H groups in total. The summed E-state index contributed by atoms with van der Waals surface area (Å²) in [6, 6.07) is 8.04. The van der Waals surface area contributed by atoms with Crippen LogP contribution in [0, 0.1) is 13.8 Å². The summed E-state index contributed by atoms with van der Waals surface area (Å²) in [5, 5.41) is 28.3. The lowest BCUT2D eigenvalue weighted by Gasteiger charge is -2.24. The van der Waals surface area contributed by atoms with Crippen molar-refractivity contribution in [2.45, 2.75) is 40.0 Å². The van der Waals surface area contributed by atoms with E-state index >= 15 is 0 Å². The van der Waals surface area contributed by atoms with Crippen molar-refractivity contribution in [1.29, 1.82) is 0 Å². The van der Waals surface area contributed by atoms with E-state index in [0.717, 1.165) is 33.4 Å². The molecule has 0 aliphatic rings. The molecule has 0 saturated carbocycles. The molecule has 0 atom stereocenters. The summed E-state index contributed by atoms with van der Waals surface area (Å²) in [7, 11) is 0. The Balaban J connectivity index is 2.26. The van der Waals surface area contributed by atoms with Crippen molar-refractivity contribution >= 4 is 0 Å². The average Bonchev–Trinajstić information content (AvgIpc) is 2.74. The van der Waals surface area contributed by atoms with Crippen molar-refractivity contribution < 1.29 is 10.2 Å². The highest BCUT2D eigenvalue weighted by atomic mass is 16.3. The van der Waals surface area contributed by atoms with Gasteiger partial charge < -0.3 is 20.8 Å². The number of hydrogen-bond donors (Lipinski definition) is 4. The molecule has 0 radical (unpaired) electrons. The molecule has 0 aromatic heterocycles. The fourth-order valence-electron chi connectivity index (χ4n) is 3.85. The Hall–Kier alpha value is -2.86. The summed E-state index contributed by atoms with van der Waals surface area (Å²) < 4.78 is 0. The zero-order valence-electron chi connectivity index (χ0n) is 19.5. The molecule has 0 fully saturated rings. The maximum absolute atomic E-state index is 10.9. The zero-order chi connectivity index (χ0) is 23.5. The number of aryl methyl sites for hydroxylation is 2. The van der Waals surface area contributed by atoms with Gasteiger partial charge in [-0.15, -0.1) is 19.7 Å². The maximum Gasteiger partial charge on any atom is 0.124 e. The minimum absolute atomic E-state index is 0.309. The molecule has 0 unspecified atom stereocenters. The van der Waals surface area contributed by atoms with Gasteiger partial charge in [-0.3, -0.25) is 4.90 Å². The summed E-state index contributed by atoms with van der Waals surface area (Å²) in [4.78, 5) is 2.16. The second-order valence-corrected chi connectivity index (χ2v) is 8.16. The second kappa shape index (κ2) is 12.9. The summed E-state index contributed by atoms with van der Waals surface area (Å²) in [5.41, 5.74) is 5.66. The third-order valence-corrected chi connectivity index (χ3v) is 5.21. The molecule has 0 heterocycles. The standard InChI is InChI=1S/C27H37N3O2/c1-6-9-28-16-22-12-20(4)14-24(26(22)31)18-30(11-8-3)19-25-15-21(5)13-23(27(25)32)17-29-10-7-2/h6-8,12-15,28-29,31-32H,1-3,9-11,16-19H2,4-5H3. The van der Waals surface area contributed by atoms with Crippen molar-refractivity contribution in [2.75, 3.05) is 19.6 Å². The van der Waals surface area contributed by atoms with Crippen LogP contribution in [-0.2, 0) is 26.2 Å². The molecule has 32 heavy (non-hydrogen) atoms. The first-order valence-electron chi connectivity index (χ1n) is 11.0. The number of phenolic OH excluding ortho intramolecular Hbond substituents is 2. The number of phenols is 2. The van der Waals surface area contributed by atoms with Crippen LogP contribution >= 0.6 is 0 Å². The van der Waals surface area contributed by atoms with E-state index in [-0.39, 0.29) is 0 Å². The van der Waals surface area contributed by atoms with Crippen LogP contribution in [0.2, 0.25) is 0 Å². The van der Waals surface area contributed by atoms with Gasteiger partial charge in [-0.1, -0.05) is 53.6 Å². The number of benzene rings is 2. The molecule has 0 spiro atoms. The van der Waals surface area contributed by atoms with E-state index < -0.39 is 0 Å². The molecule has 0 saturated heterocycles. The maximum atomic E-state index is 10.9. The smallest absolute Gasteiger partial charge is 0.124 e. The zero-order valence-corrected chi connectivity index (χ0v) is 19.5. The SMILES string of the molecule is C=CCNCc1cc(C)cc(CN(CC=C)Cc2cc(C)cc(CNCC=C)c2O)c1O. The number of nitrogens with one attached hydrogen (secondary N) is 2. The molecular formula is C27H37N3O2. The number of hydrogen-bond acceptors (Lipinski definition) is 5. The largest absolute Gasteiger partial charge is 0.507 e. The van der Waals surface area contributed by atoms with Crippen LogP contribution in [0.3, 0.4) is 0 Å². The van der Waals surface area contributed by atoms with E-state index in [1.807, 2.05) is 44.2 Å². The van der Waals surface area contributed by atoms with E-state index in [1.165, 1.54) is 0 Å². The third kappa shape index (κ3) is 7.38. The molecule has 0 amide bonds. The van der Waals surface area contributed by atoms with Crippen molar-refractivity contribution in [1.82, 2.24) is 15.5 Å². The van der Waals surface area contributed by atoms with E-state index in [0.29, 0.717) is 57.3 Å². The van der Waals surface area contributed by atoms with Gasteiger partial charge in [0, 0.05) is 68.1 Å². The van der Waals surface area contributed by atoms with Crippen molar-refractivity contribution in [3.8, 4) is 11.5 Å². The fraction of sp³-hybridized carbons (Fsp3) is 0.333. The van der Waals surface area contributed by atoms with Crippen molar-refractivity contribution in [3.63, 3.8) is 0 Å². The van der Waals surface area contributed by atoms with Gasteiger partial charge in [0.1, 0.15) is 11.5 Å². The first-order chi connectivity index (χ1) is 15.4. The minimum atomic E-state index is 0.309. The van der Waals surface area contributed by atoms with Crippen molar-refractivity contribution in [3.05, 3.63) is 95.6 Å². The van der Waals surface area contributed by atoms with Gasteiger partial charge in [0.25, 0.3) is 0 Å². The first kappa shape index (κ1) is 25.4. The summed E-state index contributed by atoms with van der Waals surface area (Å²) in [5.74, 6) is 0.619. The molecule has 0 aliphatic carbocycles. The predicted molar refractivity (Wildman–Crippen MR) is 134 cm³/mol. The topological polar surface area (TPSA) is 67.8 Å². The Labute approximate surface area is 192 Å². The molecule has 2 aromatic rings. The van der Waals surface area contributed by atoms with Crippen LogP contribution in [0.15, 0.2) is 62.2 Å². The Kier molecular flexibility index (Phi) is 10.2. The lowest BCUT2D eigenvalue weighted by molar-refractivity contribution is 0.276. The quantitative estimate of drug-likeness (QED) is 0.261. The van der Waals surface area contributed by atoms with Gasteiger partial charge in [0.05, 0.1) is 0 Å². The number of rotatable bonds is 14. The van der Waals surface area contributed by atoms with Gasteiger partial charge in [-0.2, -0.15) is 0 Å². The highest BCUT2D eigenvalue weighted by Crippen LogP contribution is 2.29. The molecule has 5 heteroatoms. The predicted octanol–water partition coefficient (Wildman–Crippen LogP) is 4.45. The monoisotopic (exact) mass is 435 g/mol. The van der Waals surface area contributed by atoms with E-state index in [9.17, 15) is 10.2 Å². The minimum Gasteiger partial charge on any atom is -0.507 e. The van der Waals surface area contributed by atoms with E-state index in [2.05, 4.69) is 35.3 Å². The third-order valence-electron chi connectivity index (χ3n) is 5.21. The number of aromatic hydroxyl groups is 2. The molecule has 0 aliphatic heterocycles. The van der Waals surface area contributed by atoms with Gasteiger partial charge in [0.2, 0.25) is 0 Å². The molecular weight excluding hydrogens is 398 g/mol. The van der Waals surface area contributed by atoms with Crippen LogP contribution in [0.1, 0.15) is 33.4 Å². The van der Waals surface area contributed by atoms with Crippen LogP contribution in [-0.4, -0.2) is 34.7 Å². The first-order valence-corrected chi connectivity index (χ1v) is 11.0. The molecule has 172 valence electrons. The summed E-state index contributed by atoms with van der Waals surface area (Å²) >= 11 is 0. The Bertz CT molecular complexity index is 865. The van der Waals surface area contributed by atoms with Gasteiger partial charge in [-0.25, -0.2) is 0 Å². The van der Waals surface area contributed by atoms with E-state index in [1.54, 1.807) is 12.2 Å². The van der Waals surface area contributed by atoms with E-state index in [4.69, 9.17) is 0 Å². The second-order valence-electron chi connectivity index (χ2n) is 8.16. The van der Waals surface area contributed by atoms with Crippen LogP contribution in [0.4, 0.5) is 0 Å². The lowest BCUT2D eigenvalue weighted by atomic mass is 10.0. The molecule has 2 aromatic carbocycles. The van der Waals surface area contributed by atoms with Crippen LogP contribution < -0.4 is 10.6 Å². The Morgan fingerprint density at radius 1 is 0.719 bits per heavy atom. The molecule has 5 nitrogen and oxygen atoms in total. The van der Waals surface area contributed by atoms with Crippen LogP contribution in [0.5, 0.6) is 11.5 Å². The van der Waals surface area contributed by atoms with Crippen LogP contribution in [0.25, 0.3) is 0 Å². The molecule has 0 bridgehead atoms. The summed E-state index contributed by atoms with van der Waals surface area (Å²) in [6.45, 7) is 19.6. The number of nitrogens with zero attached hydrogens (tertiary/aromatic N) is 1. The normalized spacial score (nSPS) is 11.0. The highest BCUT2D eigenvalue weighted by molar-refractivity contribution is 5.45. The lowest BCUT2D eigenvalue weighted by Crippen LogP contribution is -2.24. The van der Waals surface area contributed by atoms with Gasteiger partial charge in [-0.05, 0) is 13.8 Å². The van der Waals surface area contributed by atoms with Gasteiger partial charge >= 0.3 is 0 Å². The molecule has 2 rings (SSSR count). The fourth-order valence-corrected chi connectivity index (χ4v) is 3.85. The van der Waals surface area contributed by atoms with Crippen molar-refractivity contribution in [2.24, 2.45) is 0 Å².